The third kappa shape index (κ3) is 4.10. The van der Waals surface area contributed by atoms with Crippen molar-refractivity contribution in [3.63, 3.8) is 0 Å². The highest BCUT2D eigenvalue weighted by atomic mass is 19.4. The molecule has 2 aromatic carbocycles. The molecule has 9 heteroatoms. The molecule has 5 nitrogen and oxygen atoms in total. The molecule has 2 aromatic rings. The summed E-state index contributed by atoms with van der Waals surface area (Å²) in [5.41, 5.74) is 0.343. The molecule has 0 unspecified atom stereocenters. The predicted octanol–water partition coefficient (Wildman–Crippen LogP) is 3.48. The van der Waals surface area contributed by atoms with Crippen LogP contribution in [0, 0.1) is 5.82 Å². The van der Waals surface area contributed by atoms with Gasteiger partial charge in [0.25, 0.3) is 5.91 Å². The molecule has 1 fully saturated rings. The van der Waals surface area contributed by atoms with Gasteiger partial charge in [0.2, 0.25) is 5.96 Å². The number of guanidine groups is 1. The average molecular weight is 420 g/mol. The zero-order valence-electron chi connectivity index (χ0n) is 16.1. The average Bonchev–Trinajstić information content (AvgIpc) is 3.23. The van der Waals surface area contributed by atoms with Gasteiger partial charge in [0.15, 0.2) is 0 Å². The van der Waals surface area contributed by atoms with E-state index in [-0.39, 0.29) is 17.3 Å². The van der Waals surface area contributed by atoms with E-state index < -0.39 is 11.7 Å². The van der Waals surface area contributed by atoms with Crippen LogP contribution in [0.15, 0.2) is 53.5 Å². The van der Waals surface area contributed by atoms with Gasteiger partial charge in [-0.1, -0.05) is 0 Å². The second-order valence-electron chi connectivity index (χ2n) is 7.16. The second kappa shape index (κ2) is 7.97. The fourth-order valence-corrected chi connectivity index (χ4v) is 3.67. The smallest absolute Gasteiger partial charge is 0.368 e. The summed E-state index contributed by atoms with van der Waals surface area (Å²) in [4.78, 5) is 23.0. The summed E-state index contributed by atoms with van der Waals surface area (Å²) in [5.74, 6) is -0.0882. The Balaban J connectivity index is 1.41. The highest BCUT2D eigenvalue weighted by Crippen LogP contribution is 2.29. The standard InChI is InChI=1S/C21H20F4N4O/c22-17-5-7-18(8-6-17)27-11-13-28(14-12-27)20-26-9-10-29(20)19(30)15-1-3-16(4-2-15)21(23,24)25/h1-8H,9-14H2. The summed E-state index contributed by atoms with van der Waals surface area (Å²) >= 11 is 0. The number of hydrogen-bond donors (Lipinski definition) is 0. The van der Waals surface area contributed by atoms with Crippen molar-refractivity contribution in [1.29, 1.82) is 0 Å². The Hall–Kier alpha value is -3.10. The number of amides is 1. The lowest BCUT2D eigenvalue weighted by atomic mass is 10.1. The van der Waals surface area contributed by atoms with E-state index in [0.717, 1.165) is 17.8 Å². The lowest BCUT2D eigenvalue weighted by Crippen LogP contribution is -2.53. The maximum Gasteiger partial charge on any atom is 0.416 e. The largest absolute Gasteiger partial charge is 0.416 e. The van der Waals surface area contributed by atoms with Crippen molar-refractivity contribution >= 4 is 17.6 Å². The first-order chi connectivity index (χ1) is 14.3. The SMILES string of the molecule is O=C(c1ccc(C(F)(F)F)cc1)N1CCN=C1N1CCN(c2ccc(F)cc2)CC1. The van der Waals surface area contributed by atoms with Gasteiger partial charge in [-0.2, -0.15) is 13.2 Å². The fourth-order valence-electron chi connectivity index (χ4n) is 3.67. The second-order valence-corrected chi connectivity index (χ2v) is 7.16. The molecule has 0 N–H and O–H groups in total. The van der Waals surface area contributed by atoms with E-state index in [2.05, 4.69) is 9.89 Å². The molecule has 0 saturated carbocycles. The molecule has 2 heterocycles. The third-order valence-electron chi connectivity index (χ3n) is 5.28. The minimum absolute atomic E-state index is 0.197. The summed E-state index contributed by atoms with van der Waals surface area (Å²) in [6.07, 6.45) is -4.44. The number of halogens is 4. The maximum atomic E-state index is 13.1. The van der Waals surface area contributed by atoms with Crippen LogP contribution in [0.25, 0.3) is 0 Å². The van der Waals surface area contributed by atoms with Crippen LogP contribution in [-0.2, 0) is 6.18 Å². The Bertz CT molecular complexity index is 933. The number of piperazine rings is 1. The van der Waals surface area contributed by atoms with E-state index in [1.54, 1.807) is 12.1 Å². The van der Waals surface area contributed by atoms with Crippen molar-refractivity contribution < 1.29 is 22.4 Å². The Morgan fingerprint density at radius 2 is 1.43 bits per heavy atom. The molecule has 0 radical (unpaired) electrons. The molecule has 0 atom stereocenters. The topological polar surface area (TPSA) is 39.2 Å². The van der Waals surface area contributed by atoms with Crippen molar-refractivity contribution in [3.8, 4) is 0 Å². The van der Waals surface area contributed by atoms with E-state index in [0.29, 0.717) is 45.2 Å². The zero-order valence-corrected chi connectivity index (χ0v) is 16.1. The normalized spacial score (nSPS) is 17.3. The summed E-state index contributed by atoms with van der Waals surface area (Å²) in [5, 5.41) is 0. The number of hydrogen-bond acceptors (Lipinski definition) is 4. The summed E-state index contributed by atoms with van der Waals surface area (Å²) in [6, 6.07) is 10.6. The molecule has 158 valence electrons. The van der Waals surface area contributed by atoms with Crippen LogP contribution in [0.2, 0.25) is 0 Å². The molecule has 4 rings (SSSR count). The van der Waals surface area contributed by atoms with Crippen LogP contribution in [-0.4, -0.2) is 60.9 Å². The Kier molecular flexibility index (Phi) is 5.36. The molecule has 0 bridgehead atoms. The number of benzene rings is 2. The molecule has 30 heavy (non-hydrogen) atoms. The summed E-state index contributed by atoms with van der Waals surface area (Å²) < 4.78 is 51.4. The van der Waals surface area contributed by atoms with Crippen LogP contribution in [0.1, 0.15) is 15.9 Å². The number of carbonyl (C=O) groups excluding carboxylic acids is 1. The maximum absolute atomic E-state index is 13.1. The van der Waals surface area contributed by atoms with Gasteiger partial charge < -0.3 is 9.80 Å². The Labute approximate surface area is 171 Å². The van der Waals surface area contributed by atoms with Gasteiger partial charge in [0, 0.05) is 44.0 Å². The van der Waals surface area contributed by atoms with E-state index >= 15 is 0 Å². The van der Waals surface area contributed by atoms with Gasteiger partial charge in [-0.15, -0.1) is 0 Å². The molecule has 0 aliphatic carbocycles. The number of rotatable bonds is 2. The summed E-state index contributed by atoms with van der Waals surface area (Å²) in [7, 11) is 0. The van der Waals surface area contributed by atoms with Gasteiger partial charge in [-0.3, -0.25) is 14.7 Å². The highest BCUT2D eigenvalue weighted by molar-refractivity contribution is 6.06. The number of nitrogens with zero attached hydrogens (tertiary/aromatic N) is 4. The van der Waals surface area contributed by atoms with Crippen molar-refractivity contribution in [2.75, 3.05) is 44.2 Å². The fraction of sp³-hybridized carbons (Fsp3) is 0.333. The number of aliphatic imine (C=N–C) groups is 1. The minimum Gasteiger partial charge on any atom is -0.368 e. The number of alkyl halides is 3. The van der Waals surface area contributed by atoms with Crippen molar-refractivity contribution in [3.05, 3.63) is 65.5 Å². The van der Waals surface area contributed by atoms with Gasteiger partial charge in [0.1, 0.15) is 5.82 Å². The first-order valence-electron chi connectivity index (χ1n) is 9.62. The lowest BCUT2D eigenvalue weighted by molar-refractivity contribution is -0.137. The van der Waals surface area contributed by atoms with Crippen molar-refractivity contribution in [1.82, 2.24) is 9.80 Å². The van der Waals surface area contributed by atoms with Crippen LogP contribution in [0.4, 0.5) is 23.2 Å². The number of anilines is 1. The minimum atomic E-state index is -4.44. The molecule has 1 amide bonds. The molecule has 0 aromatic heterocycles. The number of carbonyl (C=O) groups is 1. The van der Waals surface area contributed by atoms with Crippen molar-refractivity contribution in [2.45, 2.75) is 6.18 Å². The molecular weight excluding hydrogens is 400 g/mol. The van der Waals surface area contributed by atoms with Crippen LogP contribution in [0.5, 0.6) is 0 Å². The van der Waals surface area contributed by atoms with Crippen LogP contribution >= 0.6 is 0 Å². The van der Waals surface area contributed by atoms with E-state index in [1.165, 1.54) is 29.2 Å². The van der Waals surface area contributed by atoms with Crippen molar-refractivity contribution in [2.24, 2.45) is 4.99 Å². The predicted molar refractivity (Wildman–Crippen MR) is 105 cm³/mol. The molecule has 0 spiro atoms. The lowest BCUT2D eigenvalue weighted by Gasteiger charge is -2.38. The van der Waals surface area contributed by atoms with Crippen LogP contribution < -0.4 is 4.90 Å². The molecular formula is C21H20F4N4O. The quantitative estimate of drug-likeness (QED) is 0.699. The first kappa shape index (κ1) is 20.2. The molecule has 2 aliphatic heterocycles. The Morgan fingerprint density at radius 3 is 2.03 bits per heavy atom. The third-order valence-corrected chi connectivity index (χ3v) is 5.28. The molecule has 1 saturated heterocycles. The van der Waals surface area contributed by atoms with Crippen LogP contribution in [0.3, 0.4) is 0 Å². The monoisotopic (exact) mass is 420 g/mol. The first-order valence-corrected chi connectivity index (χ1v) is 9.62. The van der Waals surface area contributed by atoms with Gasteiger partial charge >= 0.3 is 6.18 Å². The highest BCUT2D eigenvalue weighted by Gasteiger charge is 2.33. The molecule has 2 aliphatic rings. The van der Waals surface area contributed by atoms with E-state index in [4.69, 9.17) is 0 Å². The van der Waals surface area contributed by atoms with E-state index in [9.17, 15) is 22.4 Å². The van der Waals surface area contributed by atoms with Gasteiger partial charge in [-0.25, -0.2) is 4.39 Å². The zero-order chi connectivity index (χ0) is 21.3. The van der Waals surface area contributed by atoms with Gasteiger partial charge in [-0.05, 0) is 48.5 Å². The van der Waals surface area contributed by atoms with Gasteiger partial charge in [0.05, 0.1) is 12.1 Å². The van der Waals surface area contributed by atoms with E-state index in [1.807, 2.05) is 4.90 Å². The summed E-state index contributed by atoms with van der Waals surface area (Å²) in [6.45, 7) is 3.49. The Morgan fingerprint density at radius 1 is 0.833 bits per heavy atom.